The smallest absolute Gasteiger partial charge is 0.119 e. The number of likely N-dealkylation sites (N-methyl/N-ethyl adjacent to an activating group) is 1. The molecule has 1 heterocycles. The van der Waals surface area contributed by atoms with Crippen LogP contribution >= 0.6 is 0 Å². The Morgan fingerprint density at radius 3 is 2.87 bits per heavy atom. The van der Waals surface area contributed by atoms with Crippen LogP contribution in [0.5, 0.6) is 5.75 Å². The molecule has 4 nitrogen and oxygen atoms in total. The van der Waals surface area contributed by atoms with E-state index in [1.54, 1.807) is 0 Å². The number of ether oxygens (including phenoxy) is 1. The zero-order valence-corrected chi connectivity index (χ0v) is 15.0. The Hall–Kier alpha value is -1.10. The van der Waals surface area contributed by atoms with Crippen molar-refractivity contribution in [3.63, 3.8) is 0 Å². The number of nitrogens with zero attached hydrogens (tertiary/aromatic N) is 2. The Morgan fingerprint density at radius 1 is 1.35 bits per heavy atom. The minimum Gasteiger partial charge on any atom is -0.492 e. The highest BCUT2D eigenvalue weighted by atomic mass is 16.5. The van der Waals surface area contributed by atoms with Crippen LogP contribution in [0.3, 0.4) is 0 Å². The molecule has 23 heavy (non-hydrogen) atoms. The summed E-state index contributed by atoms with van der Waals surface area (Å²) in [6.07, 6.45) is 5.13. The first-order valence-electron chi connectivity index (χ1n) is 8.99. The molecule has 130 valence electrons. The van der Waals surface area contributed by atoms with E-state index in [2.05, 4.69) is 49.0 Å². The second kappa shape index (κ2) is 9.26. The summed E-state index contributed by atoms with van der Waals surface area (Å²) in [7, 11) is 4.12. The van der Waals surface area contributed by atoms with E-state index < -0.39 is 0 Å². The second-order valence-corrected chi connectivity index (χ2v) is 6.77. The van der Waals surface area contributed by atoms with Crippen LogP contribution in [0.2, 0.25) is 0 Å². The first-order valence-corrected chi connectivity index (χ1v) is 8.99. The van der Waals surface area contributed by atoms with Crippen LogP contribution in [0.1, 0.15) is 44.2 Å². The molecule has 0 bridgehead atoms. The van der Waals surface area contributed by atoms with E-state index in [4.69, 9.17) is 10.5 Å². The third kappa shape index (κ3) is 5.20. The molecule has 0 radical (unpaired) electrons. The molecule has 1 fully saturated rings. The summed E-state index contributed by atoms with van der Waals surface area (Å²) >= 11 is 0. The number of hydrogen-bond donors (Lipinski definition) is 1. The summed E-state index contributed by atoms with van der Waals surface area (Å²) in [5.41, 5.74) is 7.44. The zero-order valence-electron chi connectivity index (χ0n) is 15.0. The molecule has 0 aromatic heterocycles. The maximum atomic E-state index is 6.15. The molecule has 0 saturated carbocycles. The fraction of sp³-hybridized carbons (Fsp3) is 0.684. The first-order chi connectivity index (χ1) is 11.2. The molecule has 2 N–H and O–H groups in total. The lowest BCUT2D eigenvalue weighted by molar-refractivity contribution is 0.0947. The average Bonchev–Trinajstić information content (AvgIpc) is 2.56. The predicted octanol–water partition coefficient (Wildman–Crippen LogP) is 2.89. The predicted molar refractivity (Wildman–Crippen MR) is 96.9 cm³/mol. The quantitative estimate of drug-likeness (QED) is 0.800. The molecule has 1 aliphatic rings. The highest BCUT2D eigenvalue weighted by Crippen LogP contribution is 2.30. The topological polar surface area (TPSA) is 41.7 Å². The summed E-state index contributed by atoms with van der Waals surface area (Å²) < 4.78 is 5.89. The Labute approximate surface area is 141 Å². The van der Waals surface area contributed by atoms with Gasteiger partial charge in [0, 0.05) is 25.2 Å². The van der Waals surface area contributed by atoms with Crippen LogP contribution in [0.15, 0.2) is 24.3 Å². The molecule has 1 aromatic carbocycles. The second-order valence-electron chi connectivity index (χ2n) is 6.77. The molecule has 4 heteroatoms. The summed E-state index contributed by atoms with van der Waals surface area (Å²) in [6.45, 7) is 5.75. The van der Waals surface area contributed by atoms with Gasteiger partial charge in [0.05, 0.1) is 0 Å². The molecular weight excluding hydrogens is 286 g/mol. The Kier molecular flexibility index (Phi) is 7.34. The molecule has 1 aromatic rings. The third-order valence-electron chi connectivity index (χ3n) is 4.82. The van der Waals surface area contributed by atoms with Gasteiger partial charge < -0.3 is 15.4 Å². The van der Waals surface area contributed by atoms with Crippen LogP contribution in [-0.4, -0.2) is 56.2 Å². The lowest BCUT2D eigenvalue weighted by Gasteiger charge is -2.41. The van der Waals surface area contributed by atoms with Crippen molar-refractivity contribution in [1.82, 2.24) is 9.80 Å². The van der Waals surface area contributed by atoms with Crippen LogP contribution < -0.4 is 10.5 Å². The van der Waals surface area contributed by atoms with Crippen molar-refractivity contribution in [3.05, 3.63) is 29.8 Å². The van der Waals surface area contributed by atoms with Gasteiger partial charge in [-0.25, -0.2) is 0 Å². The number of likely N-dealkylation sites (tertiary alicyclic amines) is 1. The molecule has 0 aliphatic carbocycles. The van der Waals surface area contributed by atoms with Gasteiger partial charge in [0.2, 0.25) is 0 Å². The zero-order chi connectivity index (χ0) is 16.7. The van der Waals surface area contributed by atoms with E-state index in [-0.39, 0.29) is 0 Å². The molecule has 2 unspecified atom stereocenters. The third-order valence-corrected chi connectivity index (χ3v) is 4.82. The van der Waals surface area contributed by atoms with Crippen LogP contribution in [0, 0.1) is 0 Å². The molecule has 1 aliphatic heterocycles. The summed E-state index contributed by atoms with van der Waals surface area (Å²) in [6, 6.07) is 9.47. The Morgan fingerprint density at radius 2 is 2.17 bits per heavy atom. The van der Waals surface area contributed by atoms with Gasteiger partial charge in [-0.1, -0.05) is 25.5 Å². The van der Waals surface area contributed by atoms with Gasteiger partial charge in [-0.15, -0.1) is 0 Å². The minimum absolute atomic E-state index is 0.303. The van der Waals surface area contributed by atoms with E-state index in [0.29, 0.717) is 25.2 Å². The summed E-state index contributed by atoms with van der Waals surface area (Å²) in [5, 5.41) is 0. The number of piperidine rings is 1. The molecule has 1 saturated heterocycles. The van der Waals surface area contributed by atoms with E-state index in [1.807, 2.05) is 6.07 Å². The fourth-order valence-electron chi connectivity index (χ4n) is 3.49. The van der Waals surface area contributed by atoms with Gasteiger partial charge in [0.25, 0.3) is 0 Å². The lowest BCUT2D eigenvalue weighted by atomic mass is 9.95. The van der Waals surface area contributed by atoms with E-state index in [0.717, 1.165) is 18.8 Å². The molecular formula is C19H33N3O. The number of benzene rings is 1. The van der Waals surface area contributed by atoms with Crippen molar-refractivity contribution in [2.45, 2.75) is 44.7 Å². The number of nitrogens with two attached hydrogens (primary N) is 1. The largest absolute Gasteiger partial charge is 0.492 e. The molecule has 2 atom stereocenters. The monoisotopic (exact) mass is 319 g/mol. The van der Waals surface area contributed by atoms with Crippen molar-refractivity contribution in [1.29, 1.82) is 0 Å². The van der Waals surface area contributed by atoms with Crippen LogP contribution in [0.25, 0.3) is 0 Å². The van der Waals surface area contributed by atoms with Gasteiger partial charge in [-0.2, -0.15) is 0 Å². The molecule has 0 spiro atoms. The molecule has 2 rings (SSSR count). The van der Waals surface area contributed by atoms with Gasteiger partial charge >= 0.3 is 0 Å². The minimum atomic E-state index is 0.303. The highest BCUT2D eigenvalue weighted by Gasteiger charge is 2.28. The van der Waals surface area contributed by atoms with E-state index in [1.165, 1.54) is 31.2 Å². The SMILES string of the molecule is CCC1CCCCN1C(CN)c1cccc(OCCN(C)C)c1. The first kappa shape index (κ1) is 18.2. The molecule has 0 amide bonds. The fourth-order valence-corrected chi connectivity index (χ4v) is 3.49. The van der Waals surface area contributed by atoms with Gasteiger partial charge in [-0.3, -0.25) is 4.90 Å². The highest BCUT2D eigenvalue weighted by molar-refractivity contribution is 5.31. The standard InChI is InChI=1S/C19H33N3O/c1-4-17-9-5-6-11-22(17)19(15-20)16-8-7-10-18(14-16)23-13-12-21(2)3/h7-8,10,14,17,19H,4-6,9,11-13,15,20H2,1-3H3. The van der Waals surface area contributed by atoms with E-state index >= 15 is 0 Å². The Balaban J connectivity index is 2.07. The number of rotatable bonds is 8. The van der Waals surface area contributed by atoms with E-state index in [9.17, 15) is 0 Å². The van der Waals surface area contributed by atoms with Crippen LogP contribution in [-0.2, 0) is 0 Å². The number of hydrogen-bond acceptors (Lipinski definition) is 4. The summed E-state index contributed by atoms with van der Waals surface area (Å²) in [4.78, 5) is 4.74. The average molecular weight is 319 g/mol. The Bertz CT molecular complexity index is 464. The van der Waals surface area contributed by atoms with Crippen molar-refractivity contribution in [2.75, 3.05) is 40.3 Å². The maximum Gasteiger partial charge on any atom is 0.119 e. The van der Waals surface area contributed by atoms with Gasteiger partial charge in [-0.05, 0) is 57.6 Å². The summed E-state index contributed by atoms with van der Waals surface area (Å²) in [5.74, 6) is 0.952. The van der Waals surface area contributed by atoms with Crippen molar-refractivity contribution in [2.24, 2.45) is 5.73 Å². The normalized spacial score (nSPS) is 20.7. The van der Waals surface area contributed by atoms with Gasteiger partial charge in [0.1, 0.15) is 12.4 Å². The van der Waals surface area contributed by atoms with Crippen molar-refractivity contribution in [3.8, 4) is 5.75 Å². The van der Waals surface area contributed by atoms with Gasteiger partial charge in [0.15, 0.2) is 0 Å². The van der Waals surface area contributed by atoms with Crippen LogP contribution in [0.4, 0.5) is 0 Å². The lowest BCUT2D eigenvalue weighted by Crippen LogP contribution is -2.44. The maximum absolute atomic E-state index is 6.15. The van der Waals surface area contributed by atoms with Crippen molar-refractivity contribution >= 4 is 0 Å². The van der Waals surface area contributed by atoms with Crippen molar-refractivity contribution < 1.29 is 4.74 Å².